The Morgan fingerprint density at radius 3 is 2.47 bits per heavy atom. The maximum atomic E-state index is 12.9. The van der Waals surface area contributed by atoms with E-state index in [1.54, 1.807) is 14.2 Å². The van der Waals surface area contributed by atoms with Crippen LogP contribution in [0.25, 0.3) is 0 Å². The molecular formula is C23H35N2O5+. The van der Waals surface area contributed by atoms with Crippen molar-refractivity contribution in [1.29, 1.82) is 0 Å². The fourth-order valence-corrected chi connectivity index (χ4v) is 4.88. The lowest BCUT2D eigenvalue weighted by Crippen LogP contribution is -3.14. The topological polar surface area (TPSA) is 78.3 Å². The average molecular weight is 420 g/mol. The molecule has 0 bridgehead atoms. The van der Waals surface area contributed by atoms with Crippen LogP contribution in [0.5, 0.6) is 11.5 Å². The van der Waals surface area contributed by atoms with Gasteiger partial charge in [-0.3, -0.25) is 9.59 Å². The number of fused-ring (bicyclic) bond motifs is 1. The number of hydrogen-bond donors (Lipinski definition) is 2. The second kappa shape index (κ2) is 10.2. The third-order valence-electron chi connectivity index (χ3n) is 6.67. The van der Waals surface area contributed by atoms with Crippen LogP contribution in [0, 0.1) is 5.92 Å². The van der Waals surface area contributed by atoms with E-state index in [4.69, 9.17) is 14.2 Å². The molecule has 1 aromatic rings. The van der Waals surface area contributed by atoms with E-state index in [1.165, 1.54) is 26.4 Å². The molecule has 3 rings (SSSR count). The predicted molar refractivity (Wildman–Crippen MR) is 113 cm³/mol. The number of rotatable bonds is 7. The Labute approximate surface area is 179 Å². The number of carbonyl (C=O) groups is 2. The molecule has 4 atom stereocenters. The van der Waals surface area contributed by atoms with E-state index in [1.807, 2.05) is 12.1 Å². The summed E-state index contributed by atoms with van der Waals surface area (Å²) in [4.78, 5) is 26.1. The van der Waals surface area contributed by atoms with Crippen LogP contribution in [0.15, 0.2) is 12.1 Å². The highest BCUT2D eigenvalue weighted by atomic mass is 16.5. The summed E-state index contributed by atoms with van der Waals surface area (Å²) in [6, 6.07) is 4.03. The van der Waals surface area contributed by atoms with Crippen LogP contribution in [-0.2, 0) is 20.7 Å². The Kier molecular flexibility index (Phi) is 7.58. The van der Waals surface area contributed by atoms with E-state index >= 15 is 0 Å². The van der Waals surface area contributed by atoms with Gasteiger partial charge in [0.05, 0.1) is 27.9 Å². The summed E-state index contributed by atoms with van der Waals surface area (Å²) in [6.45, 7) is 3.34. The minimum absolute atomic E-state index is 0.0579. The first kappa shape index (κ1) is 22.4. The third-order valence-corrected chi connectivity index (χ3v) is 6.67. The number of benzene rings is 1. The van der Waals surface area contributed by atoms with Crippen LogP contribution in [0.3, 0.4) is 0 Å². The van der Waals surface area contributed by atoms with Gasteiger partial charge in [0.2, 0.25) is 0 Å². The molecule has 1 saturated carbocycles. The number of hydrogen-bond acceptors (Lipinski definition) is 5. The number of methoxy groups -OCH3 is 3. The molecule has 166 valence electrons. The minimum Gasteiger partial charge on any atom is -0.493 e. The number of carbonyl (C=O) groups excluding carboxylic acids is 2. The lowest BCUT2D eigenvalue weighted by molar-refractivity contribution is -0.925. The molecule has 1 aromatic carbocycles. The van der Waals surface area contributed by atoms with Gasteiger partial charge in [0.1, 0.15) is 12.5 Å². The fraction of sp³-hybridized carbons (Fsp3) is 0.652. The van der Waals surface area contributed by atoms with E-state index in [2.05, 4.69) is 12.2 Å². The molecule has 0 aromatic heterocycles. The molecule has 2 N–H and O–H groups in total. The molecule has 1 fully saturated rings. The lowest BCUT2D eigenvalue weighted by atomic mass is 9.86. The van der Waals surface area contributed by atoms with E-state index in [-0.39, 0.29) is 30.4 Å². The van der Waals surface area contributed by atoms with Crippen molar-refractivity contribution in [2.45, 2.75) is 57.5 Å². The molecule has 0 saturated heterocycles. The lowest BCUT2D eigenvalue weighted by Gasteiger charge is -2.35. The maximum absolute atomic E-state index is 12.9. The van der Waals surface area contributed by atoms with Crippen molar-refractivity contribution in [3.8, 4) is 11.5 Å². The standard InChI is InChI=1S/C23H34N2O5/c1-15-7-5-6-8-18(15)24-22(26)14-25-10-9-16-11-20(28-2)21(29-3)12-17(16)19(25)13-23(27)30-4/h11-12,15,18-19H,5-10,13-14H2,1-4H3,(H,24,26)/p+1/t15-,18-,19-/m0/s1. The first-order valence-electron chi connectivity index (χ1n) is 10.9. The summed E-state index contributed by atoms with van der Waals surface area (Å²) in [5.41, 5.74) is 2.16. The Bertz CT molecular complexity index is 766. The van der Waals surface area contributed by atoms with Gasteiger partial charge in [-0.25, -0.2) is 0 Å². The van der Waals surface area contributed by atoms with E-state index < -0.39 is 0 Å². The summed E-state index contributed by atoms with van der Waals surface area (Å²) in [5, 5.41) is 3.25. The minimum atomic E-state index is -0.276. The van der Waals surface area contributed by atoms with Crippen molar-refractivity contribution in [2.24, 2.45) is 5.92 Å². The first-order chi connectivity index (χ1) is 14.5. The highest BCUT2D eigenvalue weighted by Crippen LogP contribution is 2.35. The van der Waals surface area contributed by atoms with Crippen LogP contribution in [0.1, 0.15) is 56.2 Å². The van der Waals surface area contributed by atoms with Crippen molar-refractivity contribution in [3.63, 3.8) is 0 Å². The number of esters is 1. The molecule has 7 nitrogen and oxygen atoms in total. The molecule has 2 aliphatic rings. The molecule has 1 aliphatic carbocycles. The van der Waals surface area contributed by atoms with E-state index in [0.717, 1.165) is 35.4 Å². The van der Waals surface area contributed by atoms with E-state index in [9.17, 15) is 9.59 Å². The van der Waals surface area contributed by atoms with E-state index in [0.29, 0.717) is 24.0 Å². The van der Waals surface area contributed by atoms with Gasteiger partial charge in [0, 0.05) is 18.0 Å². The predicted octanol–water partition coefficient (Wildman–Crippen LogP) is 1.44. The number of nitrogens with one attached hydrogen (secondary N) is 2. The average Bonchev–Trinajstić information content (AvgIpc) is 2.75. The normalized spacial score (nSPS) is 25.7. The molecule has 1 amide bonds. The van der Waals surface area contributed by atoms with Gasteiger partial charge in [-0.2, -0.15) is 0 Å². The van der Waals surface area contributed by atoms with Gasteiger partial charge < -0.3 is 24.4 Å². The van der Waals surface area contributed by atoms with Gasteiger partial charge in [-0.1, -0.05) is 19.8 Å². The van der Waals surface area contributed by atoms with Crippen LogP contribution in [0.2, 0.25) is 0 Å². The Morgan fingerprint density at radius 1 is 1.10 bits per heavy atom. The maximum Gasteiger partial charge on any atom is 0.311 e. The molecule has 7 heteroatoms. The highest BCUT2D eigenvalue weighted by Gasteiger charge is 2.36. The van der Waals surface area contributed by atoms with Crippen LogP contribution in [0.4, 0.5) is 0 Å². The van der Waals surface area contributed by atoms with Crippen molar-refractivity contribution >= 4 is 11.9 Å². The van der Waals surface area contributed by atoms with Gasteiger partial charge in [-0.05, 0) is 36.5 Å². The van der Waals surface area contributed by atoms with Crippen LogP contribution in [-0.4, -0.2) is 52.3 Å². The second-order valence-corrected chi connectivity index (χ2v) is 8.51. The highest BCUT2D eigenvalue weighted by molar-refractivity contribution is 5.77. The molecular weight excluding hydrogens is 384 g/mol. The second-order valence-electron chi connectivity index (χ2n) is 8.51. The monoisotopic (exact) mass is 419 g/mol. The Morgan fingerprint density at radius 2 is 1.80 bits per heavy atom. The van der Waals surface area contributed by atoms with Gasteiger partial charge in [0.15, 0.2) is 18.0 Å². The quantitative estimate of drug-likeness (QED) is 0.654. The third kappa shape index (κ3) is 5.06. The number of quaternary nitrogens is 1. The summed E-state index contributed by atoms with van der Waals surface area (Å²) in [5.74, 6) is 1.61. The number of amides is 1. The number of ether oxygens (including phenoxy) is 3. The first-order valence-corrected chi connectivity index (χ1v) is 10.9. The molecule has 30 heavy (non-hydrogen) atoms. The summed E-state index contributed by atoms with van der Waals surface area (Å²) in [7, 11) is 4.62. The van der Waals surface area contributed by atoms with Crippen molar-refractivity contribution in [1.82, 2.24) is 5.32 Å². The smallest absolute Gasteiger partial charge is 0.311 e. The largest absolute Gasteiger partial charge is 0.493 e. The summed E-state index contributed by atoms with van der Waals surface area (Å²) < 4.78 is 15.9. The van der Waals surface area contributed by atoms with Crippen LogP contribution < -0.4 is 19.7 Å². The molecule has 1 aliphatic heterocycles. The molecule has 0 spiro atoms. The van der Waals surface area contributed by atoms with Crippen molar-refractivity contribution < 1.29 is 28.7 Å². The zero-order valence-electron chi connectivity index (χ0n) is 18.6. The zero-order valence-corrected chi connectivity index (χ0v) is 18.6. The van der Waals surface area contributed by atoms with Gasteiger partial charge in [0.25, 0.3) is 5.91 Å². The molecule has 1 unspecified atom stereocenters. The summed E-state index contributed by atoms with van der Waals surface area (Å²) >= 11 is 0. The fourth-order valence-electron chi connectivity index (χ4n) is 4.88. The van der Waals surface area contributed by atoms with Gasteiger partial charge >= 0.3 is 5.97 Å². The Balaban J connectivity index is 1.80. The summed E-state index contributed by atoms with van der Waals surface area (Å²) in [6.07, 6.45) is 5.67. The van der Waals surface area contributed by atoms with Gasteiger partial charge in [-0.15, -0.1) is 0 Å². The Hall–Kier alpha value is -2.28. The SMILES string of the molecule is COC(=O)C[C@H]1c2cc(OC)c(OC)cc2CC[NH+]1CC(=O)N[C@H]1CCCC[C@@H]1C. The molecule has 1 heterocycles. The molecule has 0 radical (unpaired) electrons. The zero-order chi connectivity index (χ0) is 21.7. The van der Waals surface area contributed by atoms with Crippen molar-refractivity contribution in [2.75, 3.05) is 34.4 Å². The van der Waals surface area contributed by atoms with Crippen molar-refractivity contribution in [3.05, 3.63) is 23.3 Å². The van der Waals surface area contributed by atoms with Crippen LogP contribution >= 0.6 is 0 Å².